The molecule has 0 amide bonds. The van der Waals surface area contributed by atoms with Gasteiger partial charge in [-0.05, 0) is 18.8 Å². The lowest BCUT2D eigenvalue weighted by Crippen LogP contribution is -2.28. The van der Waals surface area contributed by atoms with Gasteiger partial charge in [-0.1, -0.05) is 26.2 Å². The Morgan fingerprint density at radius 2 is 2.24 bits per heavy atom. The zero-order chi connectivity index (χ0) is 14.7. The van der Waals surface area contributed by atoms with Crippen LogP contribution in [0.25, 0.3) is 5.95 Å². The zero-order valence-electron chi connectivity index (χ0n) is 12.1. The number of aromatic nitrogens is 6. The average molecular weight is 288 g/mol. The maximum absolute atomic E-state index is 5.76. The number of nitrogen functional groups attached to an aromatic ring is 1. The zero-order valence-corrected chi connectivity index (χ0v) is 12.1. The van der Waals surface area contributed by atoms with Gasteiger partial charge >= 0.3 is 0 Å². The van der Waals surface area contributed by atoms with E-state index in [-0.39, 0.29) is 5.95 Å². The Morgan fingerprint density at radius 1 is 1.33 bits per heavy atom. The Morgan fingerprint density at radius 3 is 3.00 bits per heavy atom. The van der Waals surface area contributed by atoms with Gasteiger partial charge in [0.05, 0.1) is 0 Å². The van der Waals surface area contributed by atoms with Crippen LogP contribution in [0.2, 0.25) is 0 Å². The van der Waals surface area contributed by atoms with Gasteiger partial charge in [-0.2, -0.15) is 24.7 Å². The van der Waals surface area contributed by atoms with E-state index in [1.54, 1.807) is 0 Å². The van der Waals surface area contributed by atoms with Gasteiger partial charge in [-0.25, -0.2) is 4.98 Å². The molecule has 21 heavy (non-hydrogen) atoms. The molecule has 0 spiro atoms. The van der Waals surface area contributed by atoms with Crippen molar-refractivity contribution >= 4 is 11.9 Å². The molecule has 0 aliphatic heterocycles. The quantitative estimate of drug-likeness (QED) is 0.875. The van der Waals surface area contributed by atoms with Crippen molar-refractivity contribution in [1.29, 1.82) is 0 Å². The molecule has 0 aromatic carbocycles. The molecule has 3 rings (SSSR count). The van der Waals surface area contributed by atoms with Crippen LogP contribution in [0.5, 0.6) is 0 Å². The molecule has 0 radical (unpaired) electrons. The molecule has 112 valence electrons. The van der Waals surface area contributed by atoms with Gasteiger partial charge in [0.25, 0.3) is 5.95 Å². The van der Waals surface area contributed by atoms with Gasteiger partial charge in [0.2, 0.25) is 11.9 Å². The van der Waals surface area contributed by atoms with Gasteiger partial charge in [0.15, 0.2) is 0 Å². The second kappa shape index (κ2) is 6.02. The Balaban J connectivity index is 1.76. The second-order valence-electron chi connectivity index (χ2n) is 5.44. The van der Waals surface area contributed by atoms with Crippen LogP contribution >= 0.6 is 0 Å². The van der Waals surface area contributed by atoms with Crippen molar-refractivity contribution < 1.29 is 0 Å². The molecule has 0 bridgehead atoms. The average Bonchev–Trinajstić information content (AvgIpc) is 3.01. The lowest BCUT2D eigenvalue weighted by molar-refractivity contribution is 0.326. The highest BCUT2D eigenvalue weighted by Crippen LogP contribution is 2.28. The normalized spacial score (nSPS) is 22.1. The second-order valence-corrected chi connectivity index (χ2v) is 5.44. The molecular weight excluding hydrogens is 268 g/mol. The fraction of sp³-hybridized carbons (Fsp3) is 0.615. The van der Waals surface area contributed by atoms with Gasteiger partial charge in [-0.3, -0.25) is 0 Å². The molecule has 1 fully saturated rings. The highest BCUT2D eigenvalue weighted by Gasteiger charge is 2.21. The van der Waals surface area contributed by atoms with Crippen LogP contribution in [0.15, 0.2) is 12.7 Å². The summed E-state index contributed by atoms with van der Waals surface area (Å²) < 4.78 is 1.47. The third-order valence-corrected chi connectivity index (χ3v) is 3.96. The van der Waals surface area contributed by atoms with E-state index in [9.17, 15) is 0 Å². The SMILES string of the molecule is CCC1CCCC(Nc2nc(N)nc(-n3cncn3)n2)C1. The first-order chi connectivity index (χ1) is 10.2. The van der Waals surface area contributed by atoms with Crippen LogP contribution in [0, 0.1) is 5.92 Å². The van der Waals surface area contributed by atoms with Crippen molar-refractivity contribution in [1.82, 2.24) is 29.7 Å². The largest absolute Gasteiger partial charge is 0.368 e. The summed E-state index contributed by atoms with van der Waals surface area (Å²) in [6.07, 6.45) is 9.04. The van der Waals surface area contributed by atoms with Crippen LogP contribution in [0.1, 0.15) is 39.0 Å². The van der Waals surface area contributed by atoms with Crippen molar-refractivity contribution in [3.8, 4) is 5.95 Å². The number of rotatable bonds is 4. The Bertz CT molecular complexity index is 582. The fourth-order valence-electron chi connectivity index (χ4n) is 2.83. The summed E-state index contributed by atoms with van der Waals surface area (Å²) in [5.41, 5.74) is 5.76. The number of hydrogen-bond acceptors (Lipinski definition) is 7. The first-order valence-electron chi connectivity index (χ1n) is 7.37. The third-order valence-electron chi connectivity index (χ3n) is 3.96. The molecule has 2 unspecified atom stereocenters. The molecule has 1 aliphatic carbocycles. The van der Waals surface area contributed by atoms with Crippen molar-refractivity contribution in [3.05, 3.63) is 12.7 Å². The van der Waals surface area contributed by atoms with Crippen LogP contribution in [0.3, 0.4) is 0 Å². The van der Waals surface area contributed by atoms with Crippen molar-refractivity contribution in [3.63, 3.8) is 0 Å². The molecule has 1 saturated carbocycles. The first-order valence-corrected chi connectivity index (χ1v) is 7.37. The maximum Gasteiger partial charge on any atom is 0.258 e. The molecule has 1 aliphatic rings. The number of nitrogens with one attached hydrogen (secondary N) is 1. The van der Waals surface area contributed by atoms with E-state index in [1.807, 2.05) is 0 Å². The van der Waals surface area contributed by atoms with E-state index in [1.165, 1.54) is 36.6 Å². The molecule has 2 atom stereocenters. The number of hydrogen-bond donors (Lipinski definition) is 2. The molecule has 3 N–H and O–H groups in total. The van der Waals surface area contributed by atoms with E-state index in [0.29, 0.717) is 17.9 Å². The molecule has 2 aromatic rings. The lowest BCUT2D eigenvalue weighted by atomic mass is 9.84. The van der Waals surface area contributed by atoms with E-state index in [2.05, 4.69) is 37.3 Å². The minimum absolute atomic E-state index is 0.181. The Hall–Kier alpha value is -2.25. The van der Waals surface area contributed by atoms with E-state index in [0.717, 1.165) is 18.8 Å². The Labute approximate surface area is 123 Å². The number of nitrogens with zero attached hydrogens (tertiary/aromatic N) is 6. The predicted octanol–water partition coefficient (Wildman–Crippen LogP) is 1.42. The van der Waals surface area contributed by atoms with Gasteiger partial charge < -0.3 is 11.1 Å². The topological polar surface area (TPSA) is 107 Å². The van der Waals surface area contributed by atoms with Gasteiger partial charge in [-0.15, -0.1) is 0 Å². The van der Waals surface area contributed by atoms with Gasteiger partial charge in [0.1, 0.15) is 12.7 Å². The van der Waals surface area contributed by atoms with E-state index >= 15 is 0 Å². The van der Waals surface area contributed by atoms with E-state index in [4.69, 9.17) is 5.73 Å². The molecule has 2 aromatic heterocycles. The van der Waals surface area contributed by atoms with Gasteiger partial charge in [0, 0.05) is 6.04 Å². The third kappa shape index (κ3) is 3.26. The minimum Gasteiger partial charge on any atom is -0.368 e. The summed E-state index contributed by atoms with van der Waals surface area (Å²) in [7, 11) is 0. The standard InChI is InChI=1S/C13H20N8/c1-2-9-4-3-5-10(6-9)17-12-18-11(14)19-13(20-12)21-8-15-7-16-21/h7-10H,2-6H2,1H3,(H3,14,17,18,19,20). The lowest BCUT2D eigenvalue weighted by Gasteiger charge is -2.29. The molecule has 8 nitrogen and oxygen atoms in total. The first kappa shape index (κ1) is 13.7. The van der Waals surface area contributed by atoms with Crippen LogP contribution in [-0.4, -0.2) is 35.8 Å². The summed E-state index contributed by atoms with van der Waals surface area (Å²) in [5.74, 6) is 1.85. The van der Waals surface area contributed by atoms with Crippen molar-refractivity contribution in [2.45, 2.75) is 45.1 Å². The van der Waals surface area contributed by atoms with E-state index < -0.39 is 0 Å². The monoisotopic (exact) mass is 288 g/mol. The molecule has 0 saturated heterocycles. The van der Waals surface area contributed by atoms with Crippen molar-refractivity contribution in [2.75, 3.05) is 11.1 Å². The summed E-state index contributed by atoms with van der Waals surface area (Å²) >= 11 is 0. The predicted molar refractivity (Wildman–Crippen MR) is 78.8 cm³/mol. The minimum atomic E-state index is 0.181. The van der Waals surface area contributed by atoms with Crippen LogP contribution < -0.4 is 11.1 Å². The highest BCUT2D eigenvalue weighted by atomic mass is 15.4. The number of nitrogens with two attached hydrogens (primary N) is 1. The summed E-state index contributed by atoms with van der Waals surface area (Å²) in [6.45, 7) is 2.25. The smallest absolute Gasteiger partial charge is 0.258 e. The number of anilines is 2. The highest BCUT2D eigenvalue weighted by molar-refractivity contribution is 5.35. The molecule has 2 heterocycles. The maximum atomic E-state index is 5.76. The Kier molecular flexibility index (Phi) is 3.94. The summed E-state index contributed by atoms with van der Waals surface area (Å²) in [4.78, 5) is 16.5. The van der Waals surface area contributed by atoms with Crippen molar-refractivity contribution in [2.24, 2.45) is 5.92 Å². The molecular formula is C13H20N8. The fourth-order valence-corrected chi connectivity index (χ4v) is 2.83. The van der Waals surface area contributed by atoms with Crippen LogP contribution in [-0.2, 0) is 0 Å². The molecule has 8 heteroatoms. The van der Waals surface area contributed by atoms with Crippen LogP contribution in [0.4, 0.5) is 11.9 Å². The summed E-state index contributed by atoms with van der Waals surface area (Å²) in [6, 6.07) is 0.397. The summed E-state index contributed by atoms with van der Waals surface area (Å²) in [5, 5.41) is 7.39.